The summed E-state index contributed by atoms with van der Waals surface area (Å²) in [6, 6.07) is 13.2. The van der Waals surface area contributed by atoms with E-state index in [1.807, 2.05) is 64.1 Å². The molecule has 0 aliphatic heterocycles. The van der Waals surface area contributed by atoms with Gasteiger partial charge in [0.2, 0.25) is 0 Å². The first-order valence-electron chi connectivity index (χ1n) is 8.87. The van der Waals surface area contributed by atoms with Crippen LogP contribution in [0, 0.1) is 13.8 Å². The number of aryl methyl sites for hydroxylation is 2. The van der Waals surface area contributed by atoms with Crippen LogP contribution < -0.4 is 10.1 Å². The first-order chi connectivity index (χ1) is 12.9. The highest BCUT2D eigenvalue weighted by molar-refractivity contribution is 5.92. The molecule has 0 fully saturated rings. The summed E-state index contributed by atoms with van der Waals surface area (Å²) < 4.78 is 11.1. The van der Waals surface area contributed by atoms with Gasteiger partial charge in [-0.15, -0.1) is 0 Å². The van der Waals surface area contributed by atoms with Crippen molar-refractivity contribution >= 4 is 11.6 Å². The molecule has 3 rings (SSSR count). The van der Waals surface area contributed by atoms with Crippen LogP contribution in [0.5, 0.6) is 5.75 Å². The summed E-state index contributed by atoms with van der Waals surface area (Å²) in [4.78, 5) is 16.7. The van der Waals surface area contributed by atoms with E-state index in [0.29, 0.717) is 23.0 Å². The highest BCUT2D eigenvalue weighted by atomic mass is 16.5. The maximum atomic E-state index is 12.3. The number of para-hydroxylation sites is 1. The van der Waals surface area contributed by atoms with Gasteiger partial charge in [0.15, 0.2) is 12.4 Å². The number of rotatable bonds is 6. The second kappa shape index (κ2) is 8.03. The molecule has 0 aliphatic rings. The molecule has 0 aliphatic carbocycles. The molecule has 1 aromatic heterocycles. The Balaban J connectivity index is 1.70. The lowest BCUT2D eigenvalue weighted by Gasteiger charge is -2.11. The van der Waals surface area contributed by atoms with Gasteiger partial charge < -0.3 is 14.6 Å². The molecule has 1 amide bonds. The topological polar surface area (TPSA) is 77.2 Å². The van der Waals surface area contributed by atoms with Gasteiger partial charge in [-0.05, 0) is 37.6 Å². The minimum Gasteiger partial charge on any atom is -0.483 e. The standard InChI is InChI=1S/C21H23N3O3/c1-13(2)20-23-21(27-24-20)16-7-5-6-8-18(16)26-12-19(25)22-17-10-9-14(3)11-15(17)4/h5-11,13H,12H2,1-4H3,(H,22,25). The van der Waals surface area contributed by atoms with E-state index < -0.39 is 0 Å². The molecule has 0 bridgehead atoms. The lowest BCUT2D eigenvalue weighted by Crippen LogP contribution is -2.20. The minimum absolute atomic E-state index is 0.116. The molecule has 6 nitrogen and oxygen atoms in total. The van der Waals surface area contributed by atoms with Gasteiger partial charge in [0.1, 0.15) is 5.75 Å². The number of hydrogen-bond donors (Lipinski definition) is 1. The summed E-state index contributed by atoms with van der Waals surface area (Å²) in [5.74, 6) is 1.47. The summed E-state index contributed by atoms with van der Waals surface area (Å²) in [6.45, 7) is 7.85. The average Bonchev–Trinajstić information content (AvgIpc) is 3.13. The Hall–Kier alpha value is -3.15. The van der Waals surface area contributed by atoms with Crippen molar-refractivity contribution in [2.45, 2.75) is 33.6 Å². The zero-order valence-electron chi connectivity index (χ0n) is 15.9. The molecule has 2 aromatic carbocycles. The van der Waals surface area contributed by atoms with Crippen LogP contribution in [0.15, 0.2) is 47.0 Å². The Morgan fingerprint density at radius 3 is 2.67 bits per heavy atom. The van der Waals surface area contributed by atoms with Crippen molar-refractivity contribution in [3.8, 4) is 17.2 Å². The molecule has 0 saturated heterocycles. The van der Waals surface area contributed by atoms with E-state index in [1.54, 1.807) is 6.07 Å². The Labute approximate surface area is 158 Å². The van der Waals surface area contributed by atoms with Crippen molar-refractivity contribution < 1.29 is 14.1 Å². The van der Waals surface area contributed by atoms with Gasteiger partial charge in [0.25, 0.3) is 11.8 Å². The Kier molecular flexibility index (Phi) is 5.54. The second-order valence-electron chi connectivity index (χ2n) is 6.76. The van der Waals surface area contributed by atoms with Crippen LogP contribution in [0.2, 0.25) is 0 Å². The van der Waals surface area contributed by atoms with Gasteiger partial charge in [-0.1, -0.05) is 48.8 Å². The van der Waals surface area contributed by atoms with E-state index in [4.69, 9.17) is 9.26 Å². The number of aromatic nitrogens is 2. The highest BCUT2D eigenvalue weighted by Gasteiger charge is 2.16. The second-order valence-corrected chi connectivity index (χ2v) is 6.76. The van der Waals surface area contributed by atoms with Gasteiger partial charge in [0, 0.05) is 11.6 Å². The van der Waals surface area contributed by atoms with Crippen molar-refractivity contribution in [1.82, 2.24) is 10.1 Å². The number of benzene rings is 2. The lowest BCUT2D eigenvalue weighted by atomic mass is 10.1. The van der Waals surface area contributed by atoms with Crippen molar-refractivity contribution in [3.05, 3.63) is 59.4 Å². The van der Waals surface area contributed by atoms with Crippen LogP contribution in [0.1, 0.15) is 36.7 Å². The number of anilines is 1. The zero-order chi connectivity index (χ0) is 19.4. The molecule has 140 valence electrons. The number of amides is 1. The minimum atomic E-state index is -0.231. The lowest BCUT2D eigenvalue weighted by molar-refractivity contribution is -0.118. The van der Waals surface area contributed by atoms with Gasteiger partial charge in [-0.3, -0.25) is 4.79 Å². The first kappa shape index (κ1) is 18.6. The normalized spacial score (nSPS) is 10.9. The third kappa shape index (κ3) is 4.53. The SMILES string of the molecule is Cc1ccc(NC(=O)COc2ccccc2-c2nc(C(C)C)no2)c(C)c1. The summed E-state index contributed by atoms with van der Waals surface area (Å²) in [5.41, 5.74) is 3.60. The van der Waals surface area contributed by atoms with E-state index in [2.05, 4.69) is 15.5 Å². The molecule has 1 N–H and O–H groups in total. The van der Waals surface area contributed by atoms with Crippen molar-refractivity contribution in [2.24, 2.45) is 0 Å². The van der Waals surface area contributed by atoms with Crippen LogP contribution in [-0.4, -0.2) is 22.7 Å². The average molecular weight is 365 g/mol. The Bertz CT molecular complexity index is 947. The monoisotopic (exact) mass is 365 g/mol. The molecule has 27 heavy (non-hydrogen) atoms. The molecular formula is C21H23N3O3. The maximum Gasteiger partial charge on any atom is 0.262 e. The van der Waals surface area contributed by atoms with Crippen molar-refractivity contribution in [2.75, 3.05) is 11.9 Å². The molecule has 3 aromatic rings. The van der Waals surface area contributed by atoms with E-state index in [1.165, 1.54) is 0 Å². The molecule has 0 saturated carbocycles. The van der Waals surface area contributed by atoms with Crippen LogP contribution in [0.25, 0.3) is 11.5 Å². The van der Waals surface area contributed by atoms with E-state index in [9.17, 15) is 4.79 Å². The number of ether oxygens (including phenoxy) is 1. The molecule has 0 spiro atoms. The van der Waals surface area contributed by atoms with E-state index in [-0.39, 0.29) is 18.4 Å². The highest BCUT2D eigenvalue weighted by Crippen LogP contribution is 2.29. The predicted molar refractivity (Wildman–Crippen MR) is 104 cm³/mol. The van der Waals surface area contributed by atoms with Gasteiger partial charge in [-0.25, -0.2) is 0 Å². The fourth-order valence-electron chi connectivity index (χ4n) is 2.63. The van der Waals surface area contributed by atoms with Crippen LogP contribution in [0.4, 0.5) is 5.69 Å². The number of carbonyl (C=O) groups excluding carboxylic acids is 1. The Morgan fingerprint density at radius 1 is 1.19 bits per heavy atom. The number of nitrogens with one attached hydrogen (secondary N) is 1. The summed E-state index contributed by atoms with van der Waals surface area (Å²) in [5, 5.41) is 6.85. The number of carbonyl (C=O) groups is 1. The third-order valence-electron chi connectivity index (χ3n) is 4.09. The van der Waals surface area contributed by atoms with Gasteiger partial charge in [-0.2, -0.15) is 4.98 Å². The van der Waals surface area contributed by atoms with E-state index >= 15 is 0 Å². The van der Waals surface area contributed by atoms with Crippen molar-refractivity contribution in [1.29, 1.82) is 0 Å². The molecule has 0 unspecified atom stereocenters. The molecule has 0 atom stereocenters. The first-order valence-corrected chi connectivity index (χ1v) is 8.87. The van der Waals surface area contributed by atoms with Crippen molar-refractivity contribution in [3.63, 3.8) is 0 Å². The third-order valence-corrected chi connectivity index (χ3v) is 4.09. The maximum absolute atomic E-state index is 12.3. The fraction of sp³-hybridized carbons (Fsp3) is 0.286. The van der Waals surface area contributed by atoms with E-state index in [0.717, 1.165) is 16.8 Å². The van der Waals surface area contributed by atoms with Gasteiger partial charge >= 0.3 is 0 Å². The molecule has 1 heterocycles. The smallest absolute Gasteiger partial charge is 0.262 e. The number of hydrogen-bond acceptors (Lipinski definition) is 5. The quantitative estimate of drug-likeness (QED) is 0.696. The van der Waals surface area contributed by atoms with Crippen LogP contribution in [0.3, 0.4) is 0 Å². The summed E-state index contributed by atoms with van der Waals surface area (Å²) >= 11 is 0. The summed E-state index contributed by atoms with van der Waals surface area (Å²) in [7, 11) is 0. The summed E-state index contributed by atoms with van der Waals surface area (Å²) in [6.07, 6.45) is 0. The predicted octanol–water partition coefficient (Wildman–Crippen LogP) is 4.49. The largest absolute Gasteiger partial charge is 0.483 e. The Morgan fingerprint density at radius 2 is 1.96 bits per heavy atom. The number of nitrogens with zero attached hydrogens (tertiary/aromatic N) is 2. The van der Waals surface area contributed by atoms with Crippen LogP contribution >= 0.6 is 0 Å². The van der Waals surface area contributed by atoms with Crippen LogP contribution in [-0.2, 0) is 4.79 Å². The molecule has 6 heteroatoms. The zero-order valence-corrected chi connectivity index (χ0v) is 15.9. The molecular weight excluding hydrogens is 342 g/mol. The van der Waals surface area contributed by atoms with Gasteiger partial charge in [0.05, 0.1) is 5.56 Å². The molecule has 0 radical (unpaired) electrons. The fourth-order valence-corrected chi connectivity index (χ4v) is 2.63.